The van der Waals surface area contributed by atoms with Crippen LogP contribution in [-0.4, -0.2) is 14.5 Å². The monoisotopic (exact) mass is 331 g/mol. The van der Waals surface area contributed by atoms with E-state index in [0.29, 0.717) is 11.4 Å². The number of hydrogen-bond donors (Lipinski definition) is 1. The van der Waals surface area contributed by atoms with Crippen LogP contribution in [0.2, 0.25) is 0 Å². The lowest BCUT2D eigenvalue weighted by Crippen LogP contribution is -2.24. The lowest BCUT2D eigenvalue weighted by molar-refractivity contribution is 0.239. The van der Waals surface area contributed by atoms with Crippen LogP contribution in [0.15, 0.2) is 59.5 Å². The Morgan fingerprint density at radius 1 is 1.09 bits per heavy atom. The third kappa shape index (κ3) is 3.38. The van der Waals surface area contributed by atoms with Gasteiger partial charge >= 0.3 is 10.1 Å². The molecule has 120 valence electrons. The van der Waals surface area contributed by atoms with E-state index in [4.69, 9.17) is 9.02 Å². The normalized spacial score (nSPS) is 17.0. The molecule has 6 heteroatoms. The number of hydrogen-bond acceptors (Lipinski definition) is 5. The minimum Gasteiger partial charge on any atom is -0.486 e. The SMILES string of the molecule is Cc1ccc(S(=O)(=O)ONC2=CC(C)Oc3ccccc32)cc1. The van der Waals surface area contributed by atoms with Gasteiger partial charge in [0.05, 0.1) is 10.6 Å². The van der Waals surface area contributed by atoms with Crippen molar-refractivity contribution in [2.45, 2.75) is 24.8 Å². The third-order valence-corrected chi connectivity index (χ3v) is 4.61. The highest BCUT2D eigenvalue weighted by molar-refractivity contribution is 7.86. The fourth-order valence-electron chi connectivity index (χ4n) is 2.29. The van der Waals surface area contributed by atoms with Gasteiger partial charge in [-0.05, 0) is 44.2 Å². The van der Waals surface area contributed by atoms with Gasteiger partial charge in [0.15, 0.2) is 0 Å². The first-order chi connectivity index (χ1) is 11.0. The van der Waals surface area contributed by atoms with Crippen LogP contribution in [0.5, 0.6) is 5.75 Å². The zero-order valence-corrected chi connectivity index (χ0v) is 13.6. The van der Waals surface area contributed by atoms with Gasteiger partial charge in [0.25, 0.3) is 0 Å². The van der Waals surface area contributed by atoms with Crippen molar-refractivity contribution in [1.82, 2.24) is 5.48 Å². The number of rotatable bonds is 4. The van der Waals surface area contributed by atoms with Gasteiger partial charge in [-0.25, -0.2) is 5.48 Å². The Morgan fingerprint density at radius 3 is 2.52 bits per heavy atom. The fourth-order valence-corrected chi connectivity index (χ4v) is 3.06. The summed E-state index contributed by atoms with van der Waals surface area (Å²) in [5.41, 5.74) is 4.85. The Morgan fingerprint density at radius 2 is 1.78 bits per heavy atom. The van der Waals surface area contributed by atoms with Crippen LogP contribution >= 0.6 is 0 Å². The van der Waals surface area contributed by atoms with Crippen LogP contribution in [-0.2, 0) is 14.4 Å². The molecular formula is C17H17NO4S. The molecule has 23 heavy (non-hydrogen) atoms. The van der Waals surface area contributed by atoms with Crippen molar-refractivity contribution in [1.29, 1.82) is 0 Å². The summed E-state index contributed by atoms with van der Waals surface area (Å²) >= 11 is 0. The first kappa shape index (κ1) is 15.6. The van der Waals surface area contributed by atoms with Crippen molar-refractivity contribution in [2.75, 3.05) is 0 Å². The van der Waals surface area contributed by atoms with Gasteiger partial charge < -0.3 is 4.74 Å². The molecule has 2 aromatic carbocycles. The van der Waals surface area contributed by atoms with E-state index in [1.807, 2.05) is 38.1 Å². The maximum Gasteiger partial charge on any atom is 0.317 e. The molecule has 0 amide bonds. The molecule has 5 nitrogen and oxygen atoms in total. The van der Waals surface area contributed by atoms with E-state index in [2.05, 4.69) is 5.48 Å². The molecule has 0 aliphatic carbocycles. The topological polar surface area (TPSA) is 64.6 Å². The number of ether oxygens (including phenoxy) is 1. The second kappa shape index (κ2) is 6.06. The molecule has 0 saturated carbocycles. The Kier molecular flexibility index (Phi) is 4.11. The van der Waals surface area contributed by atoms with Crippen molar-refractivity contribution in [2.24, 2.45) is 0 Å². The third-order valence-electron chi connectivity index (χ3n) is 3.46. The van der Waals surface area contributed by atoms with Gasteiger partial charge in [-0.15, -0.1) is 4.28 Å². The number of hydroxylamine groups is 1. The maximum absolute atomic E-state index is 12.2. The summed E-state index contributed by atoms with van der Waals surface area (Å²) in [6.07, 6.45) is 1.59. The molecule has 0 aromatic heterocycles. The number of benzene rings is 2. The van der Waals surface area contributed by atoms with Crippen LogP contribution in [0.1, 0.15) is 18.1 Å². The largest absolute Gasteiger partial charge is 0.486 e. The number of aryl methyl sites for hydroxylation is 1. The van der Waals surface area contributed by atoms with Gasteiger partial charge in [0.1, 0.15) is 11.9 Å². The van der Waals surface area contributed by atoms with Gasteiger partial charge in [-0.1, -0.05) is 29.8 Å². The number of para-hydroxylation sites is 1. The molecule has 1 heterocycles. The van der Waals surface area contributed by atoms with E-state index in [1.54, 1.807) is 18.2 Å². The zero-order valence-electron chi connectivity index (χ0n) is 12.8. The summed E-state index contributed by atoms with van der Waals surface area (Å²) in [6, 6.07) is 13.8. The average molecular weight is 331 g/mol. The predicted molar refractivity (Wildman–Crippen MR) is 87.1 cm³/mol. The highest BCUT2D eigenvalue weighted by atomic mass is 32.2. The van der Waals surface area contributed by atoms with Gasteiger partial charge in [-0.2, -0.15) is 8.42 Å². The molecule has 0 spiro atoms. The van der Waals surface area contributed by atoms with Crippen LogP contribution in [0, 0.1) is 6.92 Å². The molecule has 2 aromatic rings. The average Bonchev–Trinajstić information content (AvgIpc) is 2.53. The van der Waals surface area contributed by atoms with E-state index in [1.165, 1.54) is 12.1 Å². The van der Waals surface area contributed by atoms with E-state index < -0.39 is 10.1 Å². The van der Waals surface area contributed by atoms with Crippen LogP contribution in [0.3, 0.4) is 0 Å². The summed E-state index contributed by atoms with van der Waals surface area (Å²) in [5, 5.41) is 0. The van der Waals surface area contributed by atoms with Gasteiger partial charge in [-0.3, -0.25) is 0 Å². The fraction of sp³-hybridized carbons (Fsp3) is 0.176. The van der Waals surface area contributed by atoms with E-state index in [0.717, 1.165) is 11.1 Å². The molecule has 0 fully saturated rings. The summed E-state index contributed by atoms with van der Waals surface area (Å²) in [7, 11) is -3.89. The molecule has 1 N–H and O–H groups in total. The first-order valence-corrected chi connectivity index (χ1v) is 8.60. The smallest absolute Gasteiger partial charge is 0.317 e. The Labute approximate surface area is 135 Å². The molecule has 0 saturated heterocycles. The van der Waals surface area contributed by atoms with Gasteiger partial charge in [0, 0.05) is 5.56 Å². The molecule has 3 rings (SSSR count). The molecule has 0 bridgehead atoms. The lowest BCUT2D eigenvalue weighted by Gasteiger charge is -2.23. The molecule has 1 aliphatic heterocycles. The van der Waals surface area contributed by atoms with Crippen LogP contribution < -0.4 is 10.2 Å². The summed E-state index contributed by atoms with van der Waals surface area (Å²) in [6.45, 7) is 3.76. The minimum atomic E-state index is -3.89. The van der Waals surface area contributed by atoms with E-state index >= 15 is 0 Å². The second-order valence-corrected chi connectivity index (χ2v) is 6.90. The lowest BCUT2D eigenvalue weighted by atomic mass is 10.1. The Hall–Kier alpha value is -2.31. The highest BCUT2D eigenvalue weighted by Gasteiger charge is 2.21. The molecular weight excluding hydrogens is 314 g/mol. The van der Waals surface area contributed by atoms with Gasteiger partial charge in [0.2, 0.25) is 0 Å². The van der Waals surface area contributed by atoms with E-state index in [9.17, 15) is 8.42 Å². The summed E-state index contributed by atoms with van der Waals surface area (Å²) in [4.78, 5) is 0.101. The van der Waals surface area contributed by atoms with Crippen molar-refractivity contribution in [3.05, 3.63) is 65.7 Å². The van der Waals surface area contributed by atoms with Crippen molar-refractivity contribution < 1.29 is 17.4 Å². The molecule has 1 aliphatic rings. The number of nitrogens with one attached hydrogen (secondary N) is 1. The maximum atomic E-state index is 12.2. The first-order valence-electron chi connectivity index (χ1n) is 7.20. The second-order valence-electron chi connectivity index (χ2n) is 5.35. The van der Waals surface area contributed by atoms with Crippen molar-refractivity contribution >= 4 is 15.8 Å². The zero-order chi connectivity index (χ0) is 16.4. The van der Waals surface area contributed by atoms with Crippen LogP contribution in [0.4, 0.5) is 0 Å². The molecule has 1 atom stereocenters. The van der Waals surface area contributed by atoms with Crippen molar-refractivity contribution in [3.63, 3.8) is 0 Å². The Bertz CT molecular complexity index is 841. The standard InChI is InChI=1S/C17H17NO4S/c1-12-7-9-14(10-8-12)23(19,20)22-18-16-11-13(2)21-17-6-4-3-5-15(16)17/h3-11,13,18H,1-2H3. The molecule has 1 unspecified atom stereocenters. The van der Waals surface area contributed by atoms with Crippen LogP contribution in [0.25, 0.3) is 5.70 Å². The summed E-state index contributed by atoms with van der Waals surface area (Å²) < 4.78 is 35.1. The van der Waals surface area contributed by atoms with Crippen molar-refractivity contribution in [3.8, 4) is 5.75 Å². The quantitative estimate of drug-likeness (QED) is 0.873. The number of fused-ring (bicyclic) bond motifs is 1. The highest BCUT2D eigenvalue weighted by Crippen LogP contribution is 2.30. The summed E-state index contributed by atoms with van der Waals surface area (Å²) in [5.74, 6) is 0.682. The van der Waals surface area contributed by atoms with E-state index in [-0.39, 0.29) is 11.0 Å². The Balaban J connectivity index is 1.81. The predicted octanol–water partition coefficient (Wildman–Crippen LogP) is 3.03. The minimum absolute atomic E-state index is 0.101. The molecule has 0 radical (unpaired) electrons.